The van der Waals surface area contributed by atoms with Crippen molar-refractivity contribution in [3.63, 3.8) is 0 Å². The number of ether oxygens (including phenoxy) is 2. The van der Waals surface area contributed by atoms with Crippen LogP contribution in [0.5, 0.6) is 0 Å². The normalized spacial score (nSPS) is 53.6. The Morgan fingerprint density at radius 1 is 1.11 bits per heavy atom. The Morgan fingerprint density at radius 3 is 2.47 bits per heavy atom. The standard InChI is InChI=1S/C28H36O8/c1-14-15(2)23(31)35-22(14)28(34)20(13-29)26(32)11-10-18-17-9-8-16-6-5-7-21(30)24(16,3)19(17)12-27(33,36-28)25(18,26)4/h5,7-8,17-20,22,29,32-34H,6,9-13H2,1-4H3/t17-,18-,19-,20+,22+,24-,25-,26-,27-,28-/m0/s1. The van der Waals surface area contributed by atoms with E-state index >= 15 is 0 Å². The van der Waals surface area contributed by atoms with Crippen LogP contribution in [0.2, 0.25) is 0 Å². The average Bonchev–Trinajstić information content (AvgIpc) is 3.25. The fourth-order valence-corrected chi connectivity index (χ4v) is 9.17. The number of cyclic esters (lactones) is 1. The smallest absolute Gasteiger partial charge is 0.334 e. The van der Waals surface area contributed by atoms with Gasteiger partial charge in [0.25, 0.3) is 0 Å². The molecule has 3 fully saturated rings. The zero-order valence-electron chi connectivity index (χ0n) is 21.3. The lowest BCUT2D eigenvalue weighted by molar-refractivity contribution is -0.484. The van der Waals surface area contributed by atoms with Crippen molar-refractivity contribution in [3.05, 3.63) is 34.9 Å². The highest BCUT2D eigenvalue weighted by Gasteiger charge is 2.82. The van der Waals surface area contributed by atoms with Gasteiger partial charge in [-0.25, -0.2) is 4.79 Å². The molecule has 2 heterocycles. The summed E-state index contributed by atoms with van der Waals surface area (Å²) in [5.74, 6) is -6.67. The molecule has 0 radical (unpaired) electrons. The number of fused-ring (bicyclic) bond motifs is 4. The summed E-state index contributed by atoms with van der Waals surface area (Å²) in [5, 5.41) is 47.4. The number of hydrogen-bond acceptors (Lipinski definition) is 8. The monoisotopic (exact) mass is 500 g/mol. The molecule has 0 unspecified atom stereocenters. The molecule has 196 valence electrons. The lowest BCUT2D eigenvalue weighted by Gasteiger charge is -2.69. The number of allylic oxidation sites excluding steroid dienone is 4. The largest absolute Gasteiger partial charge is 0.449 e. The first-order valence-electron chi connectivity index (χ1n) is 13.1. The highest BCUT2D eigenvalue weighted by atomic mass is 16.7. The van der Waals surface area contributed by atoms with E-state index in [-0.39, 0.29) is 36.4 Å². The van der Waals surface area contributed by atoms with Gasteiger partial charge in [0.1, 0.15) is 0 Å². The third kappa shape index (κ3) is 2.48. The van der Waals surface area contributed by atoms with Gasteiger partial charge < -0.3 is 29.9 Å². The Balaban J connectivity index is 1.52. The van der Waals surface area contributed by atoms with Gasteiger partial charge >= 0.3 is 5.97 Å². The molecule has 0 spiro atoms. The summed E-state index contributed by atoms with van der Waals surface area (Å²) in [6.07, 6.45) is 6.60. The first-order valence-corrected chi connectivity index (χ1v) is 13.1. The first kappa shape index (κ1) is 24.5. The molecule has 0 amide bonds. The van der Waals surface area contributed by atoms with E-state index < -0.39 is 52.6 Å². The molecule has 8 nitrogen and oxygen atoms in total. The molecular weight excluding hydrogens is 464 g/mol. The van der Waals surface area contributed by atoms with Gasteiger partial charge in [0.2, 0.25) is 5.79 Å². The van der Waals surface area contributed by atoms with Gasteiger partial charge in [-0.2, -0.15) is 0 Å². The van der Waals surface area contributed by atoms with E-state index in [1.54, 1.807) is 26.8 Å². The minimum Gasteiger partial charge on any atom is -0.449 e. The van der Waals surface area contributed by atoms with Crippen molar-refractivity contribution in [2.75, 3.05) is 6.61 Å². The van der Waals surface area contributed by atoms with Crippen LogP contribution in [0.1, 0.15) is 59.8 Å². The van der Waals surface area contributed by atoms with Crippen molar-refractivity contribution in [1.82, 2.24) is 0 Å². The van der Waals surface area contributed by atoms with Crippen LogP contribution >= 0.6 is 0 Å². The van der Waals surface area contributed by atoms with Crippen LogP contribution in [0, 0.1) is 34.5 Å². The van der Waals surface area contributed by atoms with E-state index in [0.717, 1.165) is 12.0 Å². The first-order chi connectivity index (χ1) is 16.8. The molecule has 8 heteroatoms. The Morgan fingerprint density at radius 2 is 1.83 bits per heavy atom. The van der Waals surface area contributed by atoms with Crippen LogP contribution in [0.25, 0.3) is 0 Å². The Labute approximate surface area is 210 Å². The molecular formula is C28H36O8. The van der Waals surface area contributed by atoms with Gasteiger partial charge in [0.15, 0.2) is 17.7 Å². The van der Waals surface area contributed by atoms with E-state index in [1.165, 1.54) is 0 Å². The van der Waals surface area contributed by atoms with E-state index in [9.17, 15) is 30.0 Å². The SMILES string of the molecule is CC1=C(C)[C@H]([C@@]2(O)O[C@@]3(O)C[C@H]4[C@@H](CC=C5CC=CC(=O)[C@@]54C)[C@@H]4CC[C@](O)([C@H]2CO)[C@]43C)OC1=O. The lowest BCUT2D eigenvalue weighted by atomic mass is 9.43. The highest BCUT2D eigenvalue weighted by Crippen LogP contribution is 2.74. The molecule has 2 aliphatic heterocycles. The molecule has 4 N–H and O–H groups in total. The molecule has 6 aliphatic rings. The predicted octanol–water partition coefficient (Wildman–Crippen LogP) is 1.91. The second-order valence-electron chi connectivity index (χ2n) is 12.4. The van der Waals surface area contributed by atoms with Crippen molar-refractivity contribution in [2.45, 2.75) is 83.1 Å². The number of carbonyl (C=O) groups is 2. The van der Waals surface area contributed by atoms with Crippen molar-refractivity contribution < 1.29 is 39.5 Å². The summed E-state index contributed by atoms with van der Waals surface area (Å²) in [6.45, 7) is 6.34. The number of ketones is 1. The Hall–Kier alpha value is -1.84. The van der Waals surface area contributed by atoms with Crippen LogP contribution < -0.4 is 0 Å². The summed E-state index contributed by atoms with van der Waals surface area (Å²) in [7, 11) is 0. The summed E-state index contributed by atoms with van der Waals surface area (Å²) < 4.78 is 11.8. The number of esters is 1. The summed E-state index contributed by atoms with van der Waals surface area (Å²) in [4.78, 5) is 25.7. The third-order valence-electron chi connectivity index (χ3n) is 11.5. The van der Waals surface area contributed by atoms with Crippen LogP contribution in [-0.4, -0.2) is 62.1 Å². The zero-order chi connectivity index (χ0) is 26.1. The minimum atomic E-state index is -2.36. The van der Waals surface area contributed by atoms with E-state index in [4.69, 9.17) is 9.47 Å². The maximum absolute atomic E-state index is 13.3. The minimum absolute atomic E-state index is 0.00593. The number of rotatable bonds is 2. The van der Waals surface area contributed by atoms with Crippen molar-refractivity contribution in [1.29, 1.82) is 0 Å². The summed E-state index contributed by atoms with van der Waals surface area (Å²) in [5.41, 5.74) is -1.92. The van der Waals surface area contributed by atoms with Crippen LogP contribution in [0.4, 0.5) is 0 Å². The molecule has 6 rings (SSSR count). The van der Waals surface area contributed by atoms with Gasteiger partial charge in [-0.05, 0) is 75.9 Å². The Kier molecular flexibility index (Phi) is 4.88. The quantitative estimate of drug-likeness (QED) is 0.334. The van der Waals surface area contributed by atoms with E-state index in [2.05, 4.69) is 6.08 Å². The lowest BCUT2D eigenvalue weighted by Crippen LogP contribution is -2.80. The molecule has 0 bridgehead atoms. The van der Waals surface area contributed by atoms with Gasteiger partial charge in [-0.15, -0.1) is 0 Å². The molecule has 10 atom stereocenters. The van der Waals surface area contributed by atoms with Crippen molar-refractivity contribution >= 4 is 11.8 Å². The van der Waals surface area contributed by atoms with Gasteiger partial charge in [0.05, 0.1) is 29.0 Å². The second-order valence-corrected chi connectivity index (χ2v) is 12.4. The highest BCUT2D eigenvalue weighted by molar-refractivity contribution is 5.98. The van der Waals surface area contributed by atoms with Crippen molar-refractivity contribution in [2.24, 2.45) is 34.5 Å². The zero-order valence-corrected chi connectivity index (χ0v) is 21.3. The molecule has 2 saturated carbocycles. The molecule has 36 heavy (non-hydrogen) atoms. The van der Waals surface area contributed by atoms with Crippen LogP contribution in [0.15, 0.2) is 34.9 Å². The average molecular weight is 501 g/mol. The summed E-state index contributed by atoms with van der Waals surface area (Å²) >= 11 is 0. The van der Waals surface area contributed by atoms with Crippen molar-refractivity contribution in [3.8, 4) is 0 Å². The van der Waals surface area contributed by atoms with E-state index in [1.807, 2.05) is 13.0 Å². The van der Waals surface area contributed by atoms with Crippen LogP contribution in [-0.2, 0) is 19.1 Å². The predicted molar refractivity (Wildman–Crippen MR) is 127 cm³/mol. The number of aliphatic hydroxyl groups excluding tert-OH is 1. The Bertz CT molecular complexity index is 1150. The number of aliphatic hydroxyl groups is 4. The molecule has 0 aromatic rings. The molecule has 1 saturated heterocycles. The molecule has 0 aromatic heterocycles. The fraction of sp³-hybridized carbons (Fsp3) is 0.714. The van der Waals surface area contributed by atoms with E-state index in [0.29, 0.717) is 24.0 Å². The fourth-order valence-electron chi connectivity index (χ4n) is 9.17. The second kappa shape index (κ2) is 7.17. The maximum atomic E-state index is 13.3. The third-order valence-corrected chi connectivity index (χ3v) is 11.5. The van der Waals surface area contributed by atoms with Gasteiger partial charge in [-0.1, -0.05) is 24.6 Å². The van der Waals surface area contributed by atoms with Crippen LogP contribution in [0.3, 0.4) is 0 Å². The molecule has 4 aliphatic carbocycles. The summed E-state index contributed by atoms with van der Waals surface area (Å²) in [6, 6.07) is 0. The topological polar surface area (TPSA) is 134 Å². The number of carbonyl (C=O) groups excluding carboxylic acids is 2. The maximum Gasteiger partial charge on any atom is 0.334 e. The number of hydrogen-bond donors (Lipinski definition) is 4. The van der Waals surface area contributed by atoms with Gasteiger partial charge in [0, 0.05) is 12.0 Å². The molecule has 0 aromatic carbocycles. The van der Waals surface area contributed by atoms with Gasteiger partial charge in [-0.3, -0.25) is 4.79 Å².